The molecule has 1 unspecified atom stereocenters. The highest BCUT2D eigenvalue weighted by Gasteiger charge is 2.10. The van der Waals surface area contributed by atoms with Crippen LogP contribution in [0.1, 0.15) is 10.9 Å². The van der Waals surface area contributed by atoms with E-state index in [4.69, 9.17) is 5.11 Å². The van der Waals surface area contributed by atoms with Gasteiger partial charge in [0.25, 0.3) is 0 Å². The smallest absolute Gasteiger partial charge is 0.161 e. The Bertz CT molecular complexity index is 199. The number of hydrogen-bond donors (Lipinski definition) is 0. The molecule has 1 heterocycles. The number of thioether (sulfide) groups is 1. The predicted octanol–water partition coefficient (Wildman–Crippen LogP) is 1.21. The van der Waals surface area contributed by atoms with Crippen LogP contribution < -0.4 is 0 Å². The zero-order valence-electron chi connectivity index (χ0n) is 6.45. The minimum absolute atomic E-state index is 0.233. The highest BCUT2D eigenvalue weighted by atomic mass is 32.2. The maximum Gasteiger partial charge on any atom is 0.161 e. The van der Waals surface area contributed by atoms with Crippen LogP contribution in [0.2, 0.25) is 0 Å². The van der Waals surface area contributed by atoms with E-state index in [-0.39, 0.29) is 5.25 Å². The van der Waals surface area contributed by atoms with Crippen molar-refractivity contribution in [2.75, 3.05) is 12.9 Å². The Balaban J connectivity index is 2.74. The Morgan fingerprint density at radius 3 is 2.91 bits per heavy atom. The van der Waals surface area contributed by atoms with E-state index in [1.165, 1.54) is 0 Å². The molecule has 0 spiro atoms. The number of nitrogens with zero attached hydrogens (tertiary/aromatic N) is 1. The Kier molecular flexibility index (Phi) is 3.39. The third-order valence-electron chi connectivity index (χ3n) is 1.49. The molecule has 60 valence electrons. The first-order chi connectivity index (χ1) is 5.38. The molecule has 0 radical (unpaired) electrons. The van der Waals surface area contributed by atoms with Crippen molar-refractivity contribution < 1.29 is 5.11 Å². The molecule has 3 heteroatoms. The fourth-order valence-corrected chi connectivity index (χ4v) is 1.42. The molecule has 0 saturated carbocycles. The van der Waals surface area contributed by atoms with E-state index in [2.05, 4.69) is 4.98 Å². The lowest BCUT2D eigenvalue weighted by Gasteiger charge is -2.06. The molecular weight excluding hydrogens is 158 g/mol. The summed E-state index contributed by atoms with van der Waals surface area (Å²) >= 11 is 1.67. The van der Waals surface area contributed by atoms with Gasteiger partial charge in [-0.05, 0) is 18.4 Å². The van der Waals surface area contributed by atoms with Gasteiger partial charge in [0.05, 0.1) is 5.69 Å². The van der Waals surface area contributed by atoms with Crippen molar-refractivity contribution in [2.24, 2.45) is 0 Å². The molecule has 0 aliphatic rings. The molecule has 2 nitrogen and oxygen atoms in total. The highest BCUT2D eigenvalue weighted by Crippen LogP contribution is 2.22. The molecule has 1 rings (SSSR count). The van der Waals surface area contributed by atoms with Gasteiger partial charge < -0.3 is 5.11 Å². The minimum Gasteiger partial charge on any atom is -0.444 e. The van der Waals surface area contributed by atoms with E-state index in [1.807, 2.05) is 24.5 Å². The van der Waals surface area contributed by atoms with Crippen LogP contribution in [0.3, 0.4) is 0 Å². The largest absolute Gasteiger partial charge is 0.444 e. The van der Waals surface area contributed by atoms with Gasteiger partial charge >= 0.3 is 0 Å². The maximum atomic E-state index is 7.24. The summed E-state index contributed by atoms with van der Waals surface area (Å²) in [6, 6.07) is 5.82. The van der Waals surface area contributed by atoms with Crippen LogP contribution in [0.4, 0.5) is 0 Å². The van der Waals surface area contributed by atoms with Gasteiger partial charge in [0.2, 0.25) is 0 Å². The molecule has 0 aliphatic heterocycles. The number of hydrogen-bond acceptors (Lipinski definition) is 2. The molecule has 0 amide bonds. The summed E-state index contributed by atoms with van der Waals surface area (Å²) in [7, 11) is 0. The van der Waals surface area contributed by atoms with Gasteiger partial charge in [-0.1, -0.05) is 6.07 Å². The van der Waals surface area contributed by atoms with E-state index < -0.39 is 0 Å². The standard InChI is InChI=1S/C8H11NOS/c1-11-8(6-10)7-4-2-3-5-9-7/h2-5,8,10H,6H2,1H3/p+1. The second kappa shape index (κ2) is 4.36. The van der Waals surface area contributed by atoms with Gasteiger partial charge in [-0.2, -0.15) is 0 Å². The van der Waals surface area contributed by atoms with Gasteiger partial charge in [-0.3, -0.25) is 4.98 Å². The molecular formula is C8H12NOS+. The first-order valence-corrected chi connectivity index (χ1v) is 4.75. The first-order valence-electron chi connectivity index (χ1n) is 3.46. The molecule has 0 fully saturated rings. The topological polar surface area (TPSA) is 35.8 Å². The van der Waals surface area contributed by atoms with Crippen molar-refractivity contribution in [1.82, 2.24) is 4.98 Å². The Labute approximate surface area is 70.7 Å². The molecule has 0 aromatic carbocycles. The lowest BCUT2D eigenvalue weighted by atomic mass is 10.3. The van der Waals surface area contributed by atoms with Crippen molar-refractivity contribution in [3.05, 3.63) is 30.1 Å². The number of pyridine rings is 1. The quantitative estimate of drug-likeness (QED) is 0.639. The van der Waals surface area contributed by atoms with E-state index >= 15 is 0 Å². The van der Waals surface area contributed by atoms with E-state index in [9.17, 15) is 0 Å². The SMILES string of the molecule is CSC(C[OH2+])c1ccccn1. The monoisotopic (exact) mass is 170 g/mol. The van der Waals surface area contributed by atoms with Gasteiger partial charge in [0, 0.05) is 6.20 Å². The lowest BCUT2D eigenvalue weighted by Crippen LogP contribution is -2.00. The molecule has 1 atom stereocenters. The average molecular weight is 170 g/mol. The molecule has 0 aliphatic carbocycles. The predicted molar refractivity (Wildman–Crippen MR) is 49.0 cm³/mol. The summed E-state index contributed by atoms with van der Waals surface area (Å²) in [4.78, 5) is 4.18. The van der Waals surface area contributed by atoms with Crippen LogP contribution in [-0.2, 0) is 0 Å². The summed E-state index contributed by atoms with van der Waals surface area (Å²) in [6.45, 7) is 0.401. The molecule has 1 aromatic rings. The minimum atomic E-state index is 0.233. The summed E-state index contributed by atoms with van der Waals surface area (Å²) in [6.07, 6.45) is 3.78. The summed E-state index contributed by atoms with van der Waals surface area (Å²) in [5, 5.41) is 7.47. The molecule has 11 heavy (non-hydrogen) atoms. The third-order valence-corrected chi connectivity index (χ3v) is 2.46. The van der Waals surface area contributed by atoms with Gasteiger partial charge in [-0.25, -0.2) is 0 Å². The fourth-order valence-electron chi connectivity index (χ4n) is 0.875. The molecule has 1 aromatic heterocycles. The Hall–Kier alpha value is -0.540. The van der Waals surface area contributed by atoms with Crippen molar-refractivity contribution in [1.29, 1.82) is 0 Å². The van der Waals surface area contributed by atoms with Crippen LogP contribution in [0, 0.1) is 0 Å². The van der Waals surface area contributed by atoms with Crippen molar-refractivity contribution >= 4 is 11.8 Å². The van der Waals surface area contributed by atoms with Crippen LogP contribution in [0.25, 0.3) is 0 Å². The average Bonchev–Trinajstić information content (AvgIpc) is 2.09. The molecule has 0 saturated heterocycles. The lowest BCUT2D eigenvalue weighted by molar-refractivity contribution is 0.295. The van der Waals surface area contributed by atoms with E-state index in [0.717, 1.165) is 5.69 Å². The second-order valence-electron chi connectivity index (χ2n) is 2.18. The highest BCUT2D eigenvalue weighted by molar-refractivity contribution is 7.98. The Morgan fingerprint density at radius 1 is 1.64 bits per heavy atom. The van der Waals surface area contributed by atoms with Crippen LogP contribution in [0.15, 0.2) is 24.4 Å². The first kappa shape index (κ1) is 8.56. The Morgan fingerprint density at radius 2 is 2.45 bits per heavy atom. The van der Waals surface area contributed by atoms with Crippen molar-refractivity contribution in [2.45, 2.75) is 5.25 Å². The van der Waals surface area contributed by atoms with Crippen LogP contribution in [-0.4, -0.2) is 23.0 Å². The van der Waals surface area contributed by atoms with Gasteiger partial charge in [0.1, 0.15) is 5.25 Å². The molecule has 0 bridgehead atoms. The van der Waals surface area contributed by atoms with E-state index in [1.54, 1.807) is 18.0 Å². The maximum absolute atomic E-state index is 7.24. The third kappa shape index (κ3) is 2.20. The van der Waals surface area contributed by atoms with Gasteiger partial charge in [0.15, 0.2) is 6.61 Å². The summed E-state index contributed by atoms with van der Waals surface area (Å²) in [5.74, 6) is 0. The van der Waals surface area contributed by atoms with Gasteiger partial charge in [-0.15, -0.1) is 11.8 Å². The zero-order chi connectivity index (χ0) is 8.10. The fraction of sp³-hybridized carbons (Fsp3) is 0.375. The van der Waals surface area contributed by atoms with Crippen LogP contribution in [0.5, 0.6) is 0 Å². The van der Waals surface area contributed by atoms with E-state index in [0.29, 0.717) is 6.61 Å². The molecule has 2 N–H and O–H groups in total. The summed E-state index contributed by atoms with van der Waals surface area (Å²) in [5.41, 5.74) is 1.01. The van der Waals surface area contributed by atoms with Crippen molar-refractivity contribution in [3.63, 3.8) is 0 Å². The van der Waals surface area contributed by atoms with Crippen LogP contribution >= 0.6 is 11.8 Å². The normalized spacial score (nSPS) is 12.9. The van der Waals surface area contributed by atoms with Crippen molar-refractivity contribution in [3.8, 4) is 0 Å². The number of rotatable bonds is 3. The second-order valence-corrected chi connectivity index (χ2v) is 3.22. The number of aromatic nitrogens is 1. The summed E-state index contributed by atoms with van der Waals surface area (Å²) < 4.78 is 0. The zero-order valence-corrected chi connectivity index (χ0v) is 7.27.